The average molecular weight is 214 g/mol. The fourth-order valence-electron chi connectivity index (χ4n) is 1.23. The van der Waals surface area contributed by atoms with Crippen molar-refractivity contribution in [1.29, 1.82) is 0 Å². The molecule has 6 N–H and O–H groups in total. The summed E-state index contributed by atoms with van der Waals surface area (Å²) in [6.07, 6.45) is 2.47. The maximum absolute atomic E-state index is 5.81. The van der Waals surface area contributed by atoms with Crippen LogP contribution >= 0.6 is 12.4 Å². The number of nitrogens with two attached hydrogens (primary N) is 3. The van der Waals surface area contributed by atoms with Gasteiger partial charge < -0.3 is 17.2 Å². The Labute approximate surface area is 90.4 Å². The van der Waals surface area contributed by atoms with Gasteiger partial charge >= 0.3 is 0 Å². The van der Waals surface area contributed by atoms with E-state index in [9.17, 15) is 0 Å². The Morgan fingerprint density at radius 2 is 1.86 bits per heavy atom. The summed E-state index contributed by atoms with van der Waals surface area (Å²) in [5.41, 5.74) is 21.0. The van der Waals surface area contributed by atoms with E-state index in [1.54, 1.807) is 6.08 Å². The predicted molar refractivity (Wildman–Crippen MR) is 65.6 cm³/mol. The van der Waals surface area contributed by atoms with Crippen molar-refractivity contribution in [2.24, 2.45) is 0 Å². The zero-order valence-electron chi connectivity index (χ0n) is 8.21. The van der Waals surface area contributed by atoms with Crippen LogP contribution in [-0.4, -0.2) is 0 Å². The second-order valence-corrected chi connectivity index (χ2v) is 3.07. The monoisotopic (exact) mass is 213 g/mol. The quantitative estimate of drug-likeness (QED) is 0.519. The molecule has 1 aromatic rings. The highest BCUT2D eigenvalue weighted by atomic mass is 35.5. The van der Waals surface area contributed by atoms with Crippen LogP contribution in [0.3, 0.4) is 0 Å². The SMILES string of the molecule is C=CCc1cc(N)c(C)c(N)c1N.Cl. The lowest BCUT2D eigenvalue weighted by Crippen LogP contribution is -2.04. The van der Waals surface area contributed by atoms with Crippen molar-refractivity contribution in [2.75, 3.05) is 17.2 Å². The van der Waals surface area contributed by atoms with E-state index < -0.39 is 0 Å². The second-order valence-electron chi connectivity index (χ2n) is 3.07. The molecule has 78 valence electrons. The summed E-state index contributed by atoms with van der Waals surface area (Å²) < 4.78 is 0. The fourth-order valence-corrected chi connectivity index (χ4v) is 1.23. The van der Waals surface area contributed by atoms with Gasteiger partial charge in [0.05, 0.1) is 11.4 Å². The Morgan fingerprint density at radius 1 is 1.29 bits per heavy atom. The molecule has 1 rings (SSSR count). The number of nitrogen functional groups attached to an aromatic ring is 3. The molecule has 14 heavy (non-hydrogen) atoms. The minimum atomic E-state index is 0. The highest BCUT2D eigenvalue weighted by molar-refractivity contribution is 5.85. The molecule has 0 saturated heterocycles. The van der Waals surface area contributed by atoms with E-state index >= 15 is 0 Å². The third kappa shape index (κ3) is 2.12. The standard InChI is InChI=1S/C10H15N3.ClH/c1-3-4-7-5-8(11)6(2)9(12)10(7)13;/h3,5H,1,4,11-13H2,2H3;1H. The number of halogens is 1. The molecule has 0 bridgehead atoms. The summed E-state index contributed by atoms with van der Waals surface area (Å²) >= 11 is 0. The first-order chi connectivity index (χ1) is 6.07. The Bertz CT molecular complexity index is 348. The molecule has 3 nitrogen and oxygen atoms in total. The normalized spacial score (nSPS) is 9.21. The van der Waals surface area contributed by atoms with Crippen LogP contribution in [0, 0.1) is 6.92 Å². The van der Waals surface area contributed by atoms with Gasteiger partial charge in [0.15, 0.2) is 0 Å². The van der Waals surface area contributed by atoms with Crippen LogP contribution in [0.2, 0.25) is 0 Å². The fraction of sp³-hybridized carbons (Fsp3) is 0.200. The van der Waals surface area contributed by atoms with Gasteiger partial charge in [-0.05, 0) is 30.5 Å². The van der Waals surface area contributed by atoms with Crippen molar-refractivity contribution in [3.8, 4) is 0 Å². The van der Waals surface area contributed by atoms with Crippen LogP contribution in [0.15, 0.2) is 18.7 Å². The summed E-state index contributed by atoms with van der Waals surface area (Å²) in [5, 5.41) is 0. The minimum Gasteiger partial charge on any atom is -0.398 e. The van der Waals surface area contributed by atoms with Crippen molar-refractivity contribution < 1.29 is 0 Å². The van der Waals surface area contributed by atoms with Gasteiger partial charge in [-0.2, -0.15) is 0 Å². The van der Waals surface area contributed by atoms with Crippen molar-refractivity contribution in [3.05, 3.63) is 29.8 Å². The van der Waals surface area contributed by atoms with Gasteiger partial charge in [-0.1, -0.05) is 6.08 Å². The molecule has 0 aromatic heterocycles. The van der Waals surface area contributed by atoms with Crippen molar-refractivity contribution in [1.82, 2.24) is 0 Å². The third-order valence-corrected chi connectivity index (χ3v) is 2.17. The molecule has 4 heteroatoms. The molecule has 0 radical (unpaired) electrons. The molecule has 0 spiro atoms. The summed E-state index contributed by atoms with van der Waals surface area (Å²) in [5.74, 6) is 0. The van der Waals surface area contributed by atoms with E-state index in [2.05, 4.69) is 6.58 Å². The van der Waals surface area contributed by atoms with Gasteiger partial charge in [0.1, 0.15) is 0 Å². The maximum Gasteiger partial charge on any atom is 0.0601 e. The van der Waals surface area contributed by atoms with Gasteiger partial charge in [-0.15, -0.1) is 19.0 Å². The van der Waals surface area contributed by atoms with Crippen molar-refractivity contribution in [3.63, 3.8) is 0 Å². The van der Waals surface area contributed by atoms with E-state index in [4.69, 9.17) is 17.2 Å². The zero-order chi connectivity index (χ0) is 10.0. The Hall–Kier alpha value is -1.35. The molecule has 1 aromatic carbocycles. The van der Waals surface area contributed by atoms with Crippen LogP contribution in [0.4, 0.5) is 17.1 Å². The van der Waals surface area contributed by atoms with Crippen LogP contribution in [0.25, 0.3) is 0 Å². The molecule has 0 atom stereocenters. The summed E-state index contributed by atoms with van der Waals surface area (Å²) in [4.78, 5) is 0. The van der Waals surface area contributed by atoms with E-state index in [-0.39, 0.29) is 12.4 Å². The van der Waals surface area contributed by atoms with E-state index in [1.165, 1.54) is 0 Å². The first-order valence-corrected chi connectivity index (χ1v) is 4.11. The highest BCUT2D eigenvalue weighted by Crippen LogP contribution is 2.29. The molecule has 0 aliphatic rings. The summed E-state index contributed by atoms with van der Waals surface area (Å²) in [6.45, 7) is 5.50. The lowest BCUT2D eigenvalue weighted by atomic mass is 10.0. The number of anilines is 3. The maximum atomic E-state index is 5.81. The Morgan fingerprint density at radius 3 is 2.36 bits per heavy atom. The number of benzene rings is 1. The van der Waals surface area contributed by atoms with Crippen LogP contribution < -0.4 is 17.2 Å². The predicted octanol–water partition coefficient (Wildman–Crippen LogP) is 1.89. The smallest absolute Gasteiger partial charge is 0.0601 e. The number of hydrogen-bond donors (Lipinski definition) is 3. The molecule has 0 amide bonds. The first kappa shape index (κ1) is 12.7. The largest absolute Gasteiger partial charge is 0.398 e. The van der Waals surface area contributed by atoms with Gasteiger partial charge in [0.25, 0.3) is 0 Å². The minimum absolute atomic E-state index is 0. The number of allylic oxidation sites excluding steroid dienone is 1. The van der Waals surface area contributed by atoms with Crippen molar-refractivity contribution in [2.45, 2.75) is 13.3 Å². The van der Waals surface area contributed by atoms with Gasteiger partial charge in [0.2, 0.25) is 0 Å². The molecular weight excluding hydrogens is 198 g/mol. The zero-order valence-corrected chi connectivity index (χ0v) is 9.03. The first-order valence-electron chi connectivity index (χ1n) is 4.11. The third-order valence-electron chi connectivity index (χ3n) is 2.17. The summed E-state index contributed by atoms with van der Waals surface area (Å²) in [7, 11) is 0. The lowest BCUT2D eigenvalue weighted by Gasteiger charge is -2.11. The molecule has 0 aliphatic heterocycles. The average Bonchev–Trinajstić information content (AvgIpc) is 2.11. The van der Waals surface area contributed by atoms with Gasteiger partial charge in [-0.25, -0.2) is 0 Å². The second kappa shape index (κ2) is 4.77. The van der Waals surface area contributed by atoms with Crippen LogP contribution in [0.1, 0.15) is 11.1 Å². The molecule has 0 unspecified atom stereocenters. The molecule has 0 fully saturated rings. The Kier molecular flexibility index (Phi) is 4.31. The highest BCUT2D eigenvalue weighted by Gasteiger charge is 2.07. The molecule has 0 aliphatic carbocycles. The summed E-state index contributed by atoms with van der Waals surface area (Å²) in [6, 6.07) is 1.85. The van der Waals surface area contributed by atoms with Crippen LogP contribution in [0.5, 0.6) is 0 Å². The van der Waals surface area contributed by atoms with E-state index in [0.29, 0.717) is 23.5 Å². The topological polar surface area (TPSA) is 78.1 Å². The van der Waals surface area contributed by atoms with Gasteiger partial charge in [-0.3, -0.25) is 0 Å². The molecule has 0 heterocycles. The van der Waals surface area contributed by atoms with Crippen LogP contribution in [-0.2, 0) is 6.42 Å². The lowest BCUT2D eigenvalue weighted by molar-refractivity contribution is 1.27. The number of hydrogen-bond acceptors (Lipinski definition) is 3. The Balaban J connectivity index is 0.00000169. The molecule has 0 saturated carbocycles. The van der Waals surface area contributed by atoms with Crippen molar-refractivity contribution >= 4 is 29.5 Å². The number of rotatable bonds is 2. The van der Waals surface area contributed by atoms with Gasteiger partial charge in [0, 0.05) is 5.69 Å². The van der Waals surface area contributed by atoms with E-state index in [1.807, 2.05) is 13.0 Å². The molecular formula is C10H16ClN3. The van der Waals surface area contributed by atoms with E-state index in [0.717, 1.165) is 11.1 Å².